The summed E-state index contributed by atoms with van der Waals surface area (Å²) < 4.78 is 0. The van der Waals surface area contributed by atoms with Crippen molar-refractivity contribution in [2.24, 2.45) is 23.5 Å². The largest absolute Gasteiger partial charge is 0.352 e. The standard InChI is InChI=1S/C26H46N4O2/c1-18(2)15-29(16-19-6-4-3-5-7-19)23-14-24(30(17-23)26(32)20-8-9-20)25(31)28-22-12-10-21(27)11-13-22/h18-24H,3-17,27H2,1-2H3,(H,28,31). The van der Waals surface area contributed by atoms with Crippen LogP contribution in [0.5, 0.6) is 0 Å². The zero-order chi connectivity index (χ0) is 22.7. The second-order valence-electron chi connectivity index (χ2n) is 11.6. The summed E-state index contributed by atoms with van der Waals surface area (Å²) in [6.07, 6.45) is 13.4. The van der Waals surface area contributed by atoms with Crippen LogP contribution in [0.3, 0.4) is 0 Å². The van der Waals surface area contributed by atoms with E-state index in [1.165, 1.54) is 32.1 Å². The Hall–Kier alpha value is -1.14. The second-order valence-corrected chi connectivity index (χ2v) is 11.6. The Labute approximate surface area is 195 Å². The minimum absolute atomic E-state index is 0.0733. The summed E-state index contributed by atoms with van der Waals surface area (Å²) in [5.74, 6) is 1.82. The van der Waals surface area contributed by atoms with E-state index < -0.39 is 0 Å². The third-order valence-corrected chi connectivity index (χ3v) is 8.24. The molecule has 1 saturated heterocycles. The van der Waals surface area contributed by atoms with Gasteiger partial charge in [0.05, 0.1) is 0 Å². The summed E-state index contributed by atoms with van der Waals surface area (Å²) in [4.78, 5) is 31.1. The van der Waals surface area contributed by atoms with E-state index in [2.05, 4.69) is 24.1 Å². The van der Waals surface area contributed by atoms with Crippen molar-refractivity contribution < 1.29 is 9.59 Å². The summed E-state index contributed by atoms with van der Waals surface area (Å²) in [7, 11) is 0. The molecule has 2 amide bonds. The molecule has 0 aromatic rings. The lowest BCUT2D eigenvalue weighted by atomic mass is 9.88. The summed E-state index contributed by atoms with van der Waals surface area (Å²) in [5.41, 5.74) is 6.05. The van der Waals surface area contributed by atoms with Crippen molar-refractivity contribution in [3.8, 4) is 0 Å². The van der Waals surface area contributed by atoms with Crippen LogP contribution in [0.15, 0.2) is 0 Å². The molecule has 6 heteroatoms. The maximum absolute atomic E-state index is 13.4. The average molecular weight is 447 g/mol. The molecular weight excluding hydrogens is 400 g/mol. The summed E-state index contributed by atoms with van der Waals surface area (Å²) in [6.45, 7) is 7.48. The minimum atomic E-state index is -0.301. The van der Waals surface area contributed by atoms with Gasteiger partial charge in [-0.2, -0.15) is 0 Å². The van der Waals surface area contributed by atoms with E-state index in [1.54, 1.807) is 0 Å². The quantitative estimate of drug-likeness (QED) is 0.600. The Morgan fingerprint density at radius 3 is 2.31 bits per heavy atom. The second kappa shape index (κ2) is 10.9. The number of likely N-dealkylation sites (tertiary alicyclic amines) is 1. The van der Waals surface area contributed by atoms with Crippen molar-refractivity contribution in [3.63, 3.8) is 0 Å². The van der Waals surface area contributed by atoms with Crippen LogP contribution in [-0.2, 0) is 9.59 Å². The zero-order valence-electron chi connectivity index (χ0n) is 20.4. The number of rotatable bonds is 8. The van der Waals surface area contributed by atoms with Crippen LogP contribution in [0.4, 0.5) is 0 Å². The van der Waals surface area contributed by atoms with Crippen LogP contribution in [0, 0.1) is 17.8 Å². The molecule has 6 nitrogen and oxygen atoms in total. The fourth-order valence-electron chi connectivity index (χ4n) is 6.24. The van der Waals surface area contributed by atoms with Gasteiger partial charge in [-0.25, -0.2) is 0 Å². The van der Waals surface area contributed by atoms with Crippen molar-refractivity contribution in [3.05, 3.63) is 0 Å². The maximum Gasteiger partial charge on any atom is 0.243 e. The number of amides is 2. The van der Waals surface area contributed by atoms with Gasteiger partial charge in [-0.3, -0.25) is 14.5 Å². The van der Waals surface area contributed by atoms with Gasteiger partial charge in [-0.15, -0.1) is 0 Å². The molecule has 3 N–H and O–H groups in total. The number of carbonyl (C=O) groups excluding carboxylic acids is 2. The van der Waals surface area contributed by atoms with E-state index in [1.807, 2.05) is 4.90 Å². The number of nitrogens with two attached hydrogens (primary N) is 1. The molecule has 0 radical (unpaired) electrons. The Balaban J connectivity index is 1.43. The van der Waals surface area contributed by atoms with Gasteiger partial charge >= 0.3 is 0 Å². The van der Waals surface area contributed by atoms with Crippen molar-refractivity contribution in [2.75, 3.05) is 19.6 Å². The lowest BCUT2D eigenvalue weighted by Crippen LogP contribution is -2.50. The monoisotopic (exact) mass is 446 g/mol. The van der Waals surface area contributed by atoms with Crippen LogP contribution in [-0.4, -0.2) is 65.4 Å². The molecule has 0 aromatic heterocycles. The molecule has 32 heavy (non-hydrogen) atoms. The summed E-state index contributed by atoms with van der Waals surface area (Å²) in [5, 5.41) is 3.30. The molecule has 182 valence electrons. The summed E-state index contributed by atoms with van der Waals surface area (Å²) >= 11 is 0. The molecule has 2 unspecified atom stereocenters. The van der Waals surface area contributed by atoms with Crippen LogP contribution in [0.1, 0.15) is 90.9 Å². The van der Waals surface area contributed by atoms with Gasteiger partial charge in [0.2, 0.25) is 11.8 Å². The van der Waals surface area contributed by atoms with Crippen LogP contribution < -0.4 is 11.1 Å². The van der Waals surface area contributed by atoms with Gasteiger partial charge in [0, 0.05) is 43.7 Å². The van der Waals surface area contributed by atoms with Gasteiger partial charge in [0.25, 0.3) is 0 Å². The first-order valence-electron chi connectivity index (χ1n) is 13.5. The molecule has 1 aliphatic heterocycles. The van der Waals surface area contributed by atoms with Gasteiger partial charge in [0.1, 0.15) is 6.04 Å². The van der Waals surface area contributed by atoms with Crippen molar-refractivity contribution >= 4 is 11.8 Å². The fourth-order valence-corrected chi connectivity index (χ4v) is 6.24. The molecule has 2 atom stereocenters. The lowest BCUT2D eigenvalue weighted by molar-refractivity contribution is -0.139. The zero-order valence-corrected chi connectivity index (χ0v) is 20.4. The molecule has 0 bridgehead atoms. The molecule has 4 rings (SSSR count). The van der Waals surface area contributed by atoms with E-state index in [4.69, 9.17) is 5.73 Å². The highest BCUT2D eigenvalue weighted by molar-refractivity contribution is 5.90. The van der Waals surface area contributed by atoms with E-state index in [0.29, 0.717) is 12.0 Å². The Morgan fingerprint density at radius 1 is 1.00 bits per heavy atom. The number of nitrogens with zero attached hydrogens (tertiary/aromatic N) is 2. The smallest absolute Gasteiger partial charge is 0.243 e. The van der Waals surface area contributed by atoms with Gasteiger partial charge < -0.3 is 16.0 Å². The highest BCUT2D eigenvalue weighted by atomic mass is 16.2. The van der Waals surface area contributed by atoms with E-state index in [9.17, 15) is 9.59 Å². The van der Waals surface area contributed by atoms with Gasteiger partial charge in [-0.1, -0.05) is 33.1 Å². The van der Waals surface area contributed by atoms with Crippen LogP contribution in [0.25, 0.3) is 0 Å². The van der Waals surface area contributed by atoms with Crippen molar-refractivity contribution in [1.82, 2.24) is 15.1 Å². The number of carbonyl (C=O) groups is 2. The van der Waals surface area contributed by atoms with Crippen LogP contribution >= 0.6 is 0 Å². The first kappa shape index (κ1) is 24.0. The van der Waals surface area contributed by atoms with E-state index in [0.717, 1.165) is 70.5 Å². The third kappa shape index (κ3) is 6.25. The number of hydrogen-bond acceptors (Lipinski definition) is 4. The average Bonchev–Trinajstić information content (AvgIpc) is 3.52. The minimum Gasteiger partial charge on any atom is -0.352 e. The molecular formula is C26H46N4O2. The third-order valence-electron chi connectivity index (χ3n) is 8.24. The molecule has 3 aliphatic carbocycles. The normalized spacial score (nSPS) is 32.0. The van der Waals surface area contributed by atoms with Crippen molar-refractivity contribution in [1.29, 1.82) is 0 Å². The van der Waals surface area contributed by atoms with Crippen molar-refractivity contribution in [2.45, 2.75) is 115 Å². The highest BCUT2D eigenvalue weighted by Crippen LogP contribution is 2.35. The molecule has 1 heterocycles. The first-order valence-corrected chi connectivity index (χ1v) is 13.5. The number of nitrogens with one attached hydrogen (secondary N) is 1. The summed E-state index contributed by atoms with van der Waals surface area (Å²) in [6, 6.07) is 0.492. The molecule has 4 fully saturated rings. The lowest BCUT2D eigenvalue weighted by Gasteiger charge is -2.35. The van der Waals surface area contributed by atoms with E-state index in [-0.39, 0.29) is 35.9 Å². The molecule has 3 saturated carbocycles. The predicted octanol–water partition coefficient (Wildman–Crippen LogP) is 3.29. The first-order chi connectivity index (χ1) is 15.4. The highest BCUT2D eigenvalue weighted by Gasteiger charge is 2.46. The fraction of sp³-hybridized carbons (Fsp3) is 0.923. The van der Waals surface area contributed by atoms with Gasteiger partial charge in [0.15, 0.2) is 0 Å². The molecule has 0 spiro atoms. The van der Waals surface area contributed by atoms with Gasteiger partial charge in [-0.05, 0) is 69.6 Å². The predicted molar refractivity (Wildman–Crippen MR) is 128 cm³/mol. The SMILES string of the molecule is CC(C)CN(CC1CCCCC1)C1CC(C(=O)NC2CCC(N)CC2)N(C(=O)C2CC2)C1. The van der Waals surface area contributed by atoms with Crippen LogP contribution in [0.2, 0.25) is 0 Å². The number of hydrogen-bond donors (Lipinski definition) is 2. The Kier molecular flexibility index (Phi) is 8.14. The van der Waals surface area contributed by atoms with E-state index >= 15 is 0 Å². The Morgan fingerprint density at radius 2 is 1.69 bits per heavy atom. The maximum atomic E-state index is 13.4. The Bertz CT molecular complexity index is 636. The molecule has 0 aromatic carbocycles. The topological polar surface area (TPSA) is 78.7 Å². The molecule has 4 aliphatic rings.